The molecular weight excluding hydrogens is 290 g/mol. The zero-order valence-electron chi connectivity index (χ0n) is 12.6. The SMILES string of the molecule is CCC1CCCCN1C(=O)CC(=O)Nc1ccc(F)c(F)c1. The summed E-state index contributed by atoms with van der Waals surface area (Å²) in [7, 11) is 0. The minimum absolute atomic E-state index is 0.141. The van der Waals surface area contributed by atoms with Gasteiger partial charge in [0.2, 0.25) is 11.8 Å². The van der Waals surface area contributed by atoms with Gasteiger partial charge in [-0.05, 0) is 37.8 Å². The molecule has 4 nitrogen and oxygen atoms in total. The molecule has 1 atom stereocenters. The zero-order chi connectivity index (χ0) is 16.1. The van der Waals surface area contributed by atoms with Gasteiger partial charge in [0.15, 0.2) is 11.6 Å². The van der Waals surface area contributed by atoms with Gasteiger partial charge in [-0.15, -0.1) is 0 Å². The van der Waals surface area contributed by atoms with E-state index in [0.717, 1.165) is 37.8 Å². The molecule has 0 aliphatic carbocycles. The monoisotopic (exact) mass is 310 g/mol. The van der Waals surface area contributed by atoms with Crippen molar-refractivity contribution in [2.75, 3.05) is 11.9 Å². The highest BCUT2D eigenvalue weighted by atomic mass is 19.2. The number of carbonyl (C=O) groups is 2. The van der Waals surface area contributed by atoms with E-state index in [2.05, 4.69) is 5.32 Å². The summed E-state index contributed by atoms with van der Waals surface area (Å²) in [6.07, 6.45) is 3.61. The molecule has 2 amide bonds. The third-order valence-electron chi connectivity index (χ3n) is 3.93. The van der Waals surface area contributed by atoms with Crippen LogP contribution in [-0.2, 0) is 9.59 Å². The maximum absolute atomic E-state index is 13.1. The minimum atomic E-state index is -1.04. The Morgan fingerprint density at radius 3 is 2.73 bits per heavy atom. The molecule has 22 heavy (non-hydrogen) atoms. The summed E-state index contributed by atoms with van der Waals surface area (Å²) in [5.41, 5.74) is 0.141. The first kappa shape index (κ1) is 16.4. The van der Waals surface area contributed by atoms with Gasteiger partial charge in [-0.25, -0.2) is 8.78 Å². The highest BCUT2D eigenvalue weighted by molar-refractivity contribution is 6.03. The lowest BCUT2D eigenvalue weighted by molar-refractivity contribution is -0.137. The molecule has 0 bridgehead atoms. The number of halogens is 2. The number of hydrogen-bond donors (Lipinski definition) is 1. The number of likely N-dealkylation sites (tertiary alicyclic amines) is 1. The van der Waals surface area contributed by atoms with Crippen LogP contribution >= 0.6 is 0 Å². The van der Waals surface area contributed by atoms with Crippen LogP contribution in [0.5, 0.6) is 0 Å². The summed E-state index contributed by atoms with van der Waals surface area (Å²) in [5.74, 6) is -2.75. The molecule has 1 aromatic carbocycles. The van der Waals surface area contributed by atoms with Gasteiger partial charge in [0.25, 0.3) is 0 Å². The summed E-state index contributed by atoms with van der Waals surface area (Å²) >= 11 is 0. The molecule has 1 heterocycles. The first-order valence-corrected chi connectivity index (χ1v) is 7.55. The lowest BCUT2D eigenvalue weighted by Crippen LogP contribution is -2.44. The second-order valence-electron chi connectivity index (χ2n) is 5.50. The molecule has 120 valence electrons. The fraction of sp³-hybridized carbons (Fsp3) is 0.500. The van der Waals surface area contributed by atoms with Crippen LogP contribution in [0.25, 0.3) is 0 Å². The van der Waals surface area contributed by atoms with Crippen molar-refractivity contribution in [3.8, 4) is 0 Å². The zero-order valence-corrected chi connectivity index (χ0v) is 12.6. The number of carbonyl (C=O) groups excluding carboxylic acids is 2. The Bertz CT molecular complexity index is 563. The Morgan fingerprint density at radius 1 is 1.27 bits per heavy atom. The van der Waals surface area contributed by atoms with E-state index >= 15 is 0 Å². The number of rotatable bonds is 4. The van der Waals surface area contributed by atoms with Crippen LogP contribution < -0.4 is 5.32 Å². The Kier molecular flexibility index (Phi) is 5.46. The van der Waals surface area contributed by atoms with Crippen LogP contribution in [0.15, 0.2) is 18.2 Å². The predicted molar refractivity (Wildman–Crippen MR) is 79.2 cm³/mol. The van der Waals surface area contributed by atoms with Gasteiger partial charge in [-0.2, -0.15) is 0 Å². The van der Waals surface area contributed by atoms with Crippen molar-refractivity contribution in [3.63, 3.8) is 0 Å². The molecule has 6 heteroatoms. The Balaban J connectivity index is 1.93. The maximum atomic E-state index is 13.1. The largest absolute Gasteiger partial charge is 0.339 e. The summed E-state index contributed by atoms with van der Waals surface area (Å²) in [4.78, 5) is 25.9. The second kappa shape index (κ2) is 7.33. The van der Waals surface area contributed by atoms with E-state index in [1.165, 1.54) is 6.07 Å². The summed E-state index contributed by atoms with van der Waals surface area (Å²) < 4.78 is 25.9. The number of benzene rings is 1. The van der Waals surface area contributed by atoms with Gasteiger partial charge in [0, 0.05) is 24.3 Å². The molecule has 1 N–H and O–H groups in total. The topological polar surface area (TPSA) is 49.4 Å². The fourth-order valence-electron chi connectivity index (χ4n) is 2.77. The second-order valence-corrected chi connectivity index (χ2v) is 5.50. The summed E-state index contributed by atoms with van der Waals surface area (Å²) in [5, 5.41) is 2.42. The normalized spacial score (nSPS) is 18.1. The molecule has 1 aromatic rings. The summed E-state index contributed by atoms with van der Waals surface area (Å²) in [6.45, 7) is 2.70. The molecule has 2 rings (SSSR count). The molecule has 1 fully saturated rings. The van der Waals surface area contributed by atoms with E-state index in [4.69, 9.17) is 0 Å². The van der Waals surface area contributed by atoms with Crippen LogP contribution in [0, 0.1) is 11.6 Å². The smallest absolute Gasteiger partial charge is 0.233 e. The number of amides is 2. The van der Waals surface area contributed by atoms with Crippen molar-refractivity contribution in [2.45, 2.75) is 45.1 Å². The molecule has 0 aromatic heterocycles. The lowest BCUT2D eigenvalue weighted by Gasteiger charge is -2.35. The standard InChI is InChI=1S/C16H20F2N2O2/c1-2-12-5-3-4-8-20(12)16(22)10-15(21)19-11-6-7-13(17)14(18)9-11/h6-7,9,12H,2-5,8,10H2,1H3,(H,19,21). The molecule has 0 saturated carbocycles. The molecule has 1 aliphatic rings. The van der Waals surface area contributed by atoms with Crippen LogP contribution in [-0.4, -0.2) is 29.3 Å². The summed E-state index contributed by atoms with van der Waals surface area (Å²) in [6, 6.07) is 3.28. The van der Waals surface area contributed by atoms with E-state index in [-0.39, 0.29) is 24.1 Å². The van der Waals surface area contributed by atoms with Crippen molar-refractivity contribution in [2.24, 2.45) is 0 Å². The van der Waals surface area contributed by atoms with Crippen LogP contribution in [0.1, 0.15) is 39.0 Å². The van der Waals surface area contributed by atoms with Gasteiger partial charge in [0.05, 0.1) is 0 Å². The van der Waals surface area contributed by atoms with Crippen molar-refractivity contribution in [3.05, 3.63) is 29.8 Å². The Morgan fingerprint density at radius 2 is 2.05 bits per heavy atom. The molecule has 1 aliphatic heterocycles. The average molecular weight is 310 g/mol. The lowest BCUT2D eigenvalue weighted by atomic mass is 9.99. The van der Waals surface area contributed by atoms with Crippen LogP contribution in [0.3, 0.4) is 0 Å². The molecule has 0 radical (unpaired) electrons. The molecular formula is C16H20F2N2O2. The van der Waals surface area contributed by atoms with Gasteiger partial charge in [0.1, 0.15) is 6.42 Å². The number of nitrogens with zero attached hydrogens (tertiary/aromatic N) is 1. The maximum Gasteiger partial charge on any atom is 0.233 e. The minimum Gasteiger partial charge on any atom is -0.339 e. The van der Waals surface area contributed by atoms with Gasteiger partial charge in [-0.1, -0.05) is 6.92 Å². The van der Waals surface area contributed by atoms with Crippen molar-refractivity contribution >= 4 is 17.5 Å². The number of anilines is 1. The van der Waals surface area contributed by atoms with E-state index in [1.807, 2.05) is 6.92 Å². The number of nitrogens with one attached hydrogen (secondary N) is 1. The van der Waals surface area contributed by atoms with Crippen molar-refractivity contribution < 1.29 is 18.4 Å². The molecule has 0 spiro atoms. The highest BCUT2D eigenvalue weighted by Gasteiger charge is 2.26. The number of piperidine rings is 1. The quantitative estimate of drug-likeness (QED) is 0.869. The Labute approximate surface area is 128 Å². The van der Waals surface area contributed by atoms with Crippen LogP contribution in [0.2, 0.25) is 0 Å². The molecule has 1 unspecified atom stereocenters. The van der Waals surface area contributed by atoms with Crippen LogP contribution in [0.4, 0.5) is 14.5 Å². The predicted octanol–water partition coefficient (Wildman–Crippen LogP) is 3.08. The number of hydrogen-bond acceptors (Lipinski definition) is 2. The average Bonchev–Trinajstić information content (AvgIpc) is 2.50. The van der Waals surface area contributed by atoms with Crippen molar-refractivity contribution in [1.82, 2.24) is 4.90 Å². The fourth-order valence-corrected chi connectivity index (χ4v) is 2.77. The first-order chi connectivity index (χ1) is 10.5. The van der Waals surface area contributed by atoms with Gasteiger partial charge >= 0.3 is 0 Å². The van der Waals surface area contributed by atoms with Crippen molar-refractivity contribution in [1.29, 1.82) is 0 Å². The van der Waals surface area contributed by atoms with Gasteiger partial charge < -0.3 is 10.2 Å². The third-order valence-corrected chi connectivity index (χ3v) is 3.93. The molecule has 1 saturated heterocycles. The van der Waals surface area contributed by atoms with E-state index in [1.54, 1.807) is 4.90 Å². The van der Waals surface area contributed by atoms with E-state index in [9.17, 15) is 18.4 Å². The first-order valence-electron chi connectivity index (χ1n) is 7.55. The third kappa shape index (κ3) is 4.02. The van der Waals surface area contributed by atoms with E-state index < -0.39 is 17.5 Å². The Hall–Kier alpha value is -1.98. The van der Waals surface area contributed by atoms with Gasteiger partial charge in [-0.3, -0.25) is 9.59 Å². The highest BCUT2D eigenvalue weighted by Crippen LogP contribution is 2.20. The van der Waals surface area contributed by atoms with E-state index in [0.29, 0.717) is 6.54 Å².